The number of amides is 3. The minimum atomic E-state index is -0.345. The summed E-state index contributed by atoms with van der Waals surface area (Å²) >= 11 is 6.60. The van der Waals surface area contributed by atoms with Gasteiger partial charge >= 0.3 is 0 Å². The zero-order valence-corrected chi connectivity index (χ0v) is 17.6. The molecule has 29 heavy (non-hydrogen) atoms. The average molecular weight is 420 g/mol. The molecule has 0 saturated carbocycles. The van der Waals surface area contributed by atoms with E-state index in [4.69, 9.17) is 16.3 Å². The Morgan fingerprint density at radius 1 is 1.41 bits per heavy atom. The number of benzene rings is 1. The van der Waals surface area contributed by atoms with Crippen LogP contribution in [0.15, 0.2) is 6.07 Å². The molecule has 1 atom stereocenters. The predicted molar refractivity (Wildman–Crippen MR) is 108 cm³/mol. The number of carbonyl (C=O) groups is 3. The number of fused-ring (bicyclic) bond motifs is 4. The van der Waals surface area contributed by atoms with Gasteiger partial charge in [-0.3, -0.25) is 19.7 Å². The summed E-state index contributed by atoms with van der Waals surface area (Å²) in [7, 11) is 2.13. The number of nitrogens with zero attached hydrogens (tertiary/aromatic N) is 2. The number of piperidine rings is 1. The Balaban J connectivity index is 1.58. The van der Waals surface area contributed by atoms with Crippen LogP contribution in [0.4, 0.5) is 0 Å². The Morgan fingerprint density at radius 3 is 2.83 bits per heavy atom. The number of ether oxygens (including phenoxy) is 1. The van der Waals surface area contributed by atoms with Gasteiger partial charge in [-0.05, 0) is 52.4 Å². The molecule has 1 aromatic carbocycles. The summed E-state index contributed by atoms with van der Waals surface area (Å²) in [5.74, 6) is 0.363. The average Bonchev–Trinajstić information content (AvgIpc) is 3.22. The van der Waals surface area contributed by atoms with Crippen molar-refractivity contribution in [2.24, 2.45) is 0 Å². The Morgan fingerprint density at radius 2 is 2.14 bits per heavy atom. The Labute approximate surface area is 175 Å². The quantitative estimate of drug-likeness (QED) is 0.739. The molecule has 1 saturated heterocycles. The van der Waals surface area contributed by atoms with Crippen LogP contribution in [0.1, 0.15) is 54.1 Å². The monoisotopic (exact) mass is 419 g/mol. The summed E-state index contributed by atoms with van der Waals surface area (Å²) in [6.45, 7) is 5.01. The largest absolute Gasteiger partial charge is 0.492 e. The number of halogens is 1. The lowest BCUT2D eigenvalue weighted by molar-refractivity contribution is -0.125. The van der Waals surface area contributed by atoms with E-state index in [1.54, 1.807) is 4.90 Å². The number of carbonyl (C=O) groups excluding carboxylic acids is 3. The van der Waals surface area contributed by atoms with E-state index in [0.717, 1.165) is 42.8 Å². The van der Waals surface area contributed by atoms with Crippen molar-refractivity contribution >= 4 is 29.8 Å². The van der Waals surface area contributed by atoms with Gasteiger partial charge in [0.25, 0.3) is 5.91 Å². The highest BCUT2D eigenvalue weighted by Gasteiger charge is 2.47. The maximum absolute atomic E-state index is 13.1. The van der Waals surface area contributed by atoms with Gasteiger partial charge in [-0.1, -0.05) is 11.6 Å². The van der Waals surface area contributed by atoms with Gasteiger partial charge < -0.3 is 14.5 Å². The lowest BCUT2D eigenvalue weighted by atomic mass is 9.74. The highest BCUT2D eigenvalue weighted by Crippen LogP contribution is 2.51. The summed E-state index contributed by atoms with van der Waals surface area (Å²) in [6.07, 6.45) is 3.06. The summed E-state index contributed by atoms with van der Waals surface area (Å²) < 4.78 is 6.17. The first-order chi connectivity index (χ1) is 13.9. The van der Waals surface area contributed by atoms with Crippen molar-refractivity contribution in [1.29, 1.82) is 0 Å². The number of hydrogen-bond donors (Lipinski definition) is 1. The van der Waals surface area contributed by atoms with Crippen LogP contribution in [0.3, 0.4) is 0 Å². The first kappa shape index (κ1) is 20.2. The van der Waals surface area contributed by atoms with Crippen LogP contribution in [0.5, 0.6) is 5.75 Å². The van der Waals surface area contributed by atoms with Gasteiger partial charge in [0.1, 0.15) is 5.75 Å². The molecule has 4 rings (SSSR count). The minimum absolute atomic E-state index is 0.0183. The van der Waals surface area contributed by atoms with Gasteiger partial charge in [-0.15, -0.1) is 0 Å². The normalized spacial score (nSPS) is 20.9. The molecule has 3 amide bonds. The Bertz CT molecular complexity index is 864. The smallest absolute Gasteiger partial charge is 0.256 e. The van der Waals surface area contributed by atoms with Crippen molar-refractivity contribution in [3.05, 3.63) is 27.8 Å². The van der Waals surface area contributed by atoms with Gasteiger partial charge in [-0.2, -0.15) is 0 Å². The maximum atomic E-state index is 13.1. The molecule has 1 unspecified atom stereocenters. The fourth-order valence-electron chi connectivity index (χ4n) is 4.75. The summed E-state index contributed by atoms with van der Waals surface area (Å²) in [4.78, 5) is 39.1. The van der Waals surface area contributed by atoms with Crippen molar-refractivity contribution in [2.45, 2.75) is 50.6 Å². The molecule has 3 heterocycles. The van der Waals surface area contributed by atoms with Crippen LogP contribution in [-0.4, -0.2) is 60.8 Å². The van der Waals surface area contributed by atoms with Crippen LogP contribution >= 0.6 is 11.6 Å². The lowest BCUT2D eigenvalue weighted by Crippen LogP contribution is -2.41. The molecule has 156 valence electrons. The molecule has 0 aromatic heterocycles. The number of imide groups is 1. The standard InChI is InChI=1S/C21H26ClN3O4/c1-13(3-4-17(27)23-12-26)25-10-14-18(20(25)28)16(22)9-15-19(14)29-11-21(15)5-7-24(2)8-6-21/h9,12-13H,3-8,10-11H2,1-2H3,(H,23,26,27). The van der Waals surface area contributed by atoms with Gasteiger partial charge in [0.2, 0.25) is 12.3 Å². The molecule has 1 fully saturated rings. The molecule has 3 aliphatic heterocycles. The second-order valence-electron chi connectivity index (χ2n) is 8.47. The second-order valence-corrected chi connectivity index (χ2v) is 8.87. The zero-order valence-electron chi connectivity index (χ0n) is 16.8. The third-order valence-corrected chi connectivity index (χ3v) is 6.98. The zero-order chi connectivity index (χ0) is 20.8. The minimum Gasteiger partial charge on any atom is -0.492 e. The topological polar surface area (TPSA) is 79.0 Å². The molecule has 3 aliphatic rings. The fourth-order valence-corrected chi connectivity index (χ4v) is 5.05. The molecule has 0 bridgehead atoms. The van der Waals surface area contributed by atoms with E-state index in [9.17, 15) is 14.4 Å². The van der Waals surface area contributed by atoms with Gasteiger partial charge in [0.05, 0.1) is 23.7 Å². The Kier molecular flexibility index (Phi) is 5.29. The number of nitrogens with one attached hydrogen (secondary N) is 1. The van der Waals surface area contributed by atoms with Crippen LogP contribution in [0.2, 0.25) is 5.02 Å². The van der Waals surface area contributed by atoms with Crippen LogP contribution in [0, 0.1) is 0 Å². The van der Waals surface area contributed by atoms with Crippen molar-refractivity contribution < 1.29 is 19.1 Å². The first-order valence-corrected chi connectivity index (χ1v) is 10.5. The molecular formula is C21H26ClN3O4. The first-order valence-electron chi connectivity index (χ1n) is 10.1. The molecule has 1 N–H and O–H groups in total. The van der Waals surface area contributed by atoms with Gasteiger partial charge in [0.15, 0.2) is 0 Å². The van der Waals surface area contributed by atoms with E-state index < -0.39 is 0 Å². The van der Waals surface area contributed by atoms with Crippen molar-refractivity contribution in [3.8, 4) is 5.75 Å². The molecule has 1 aromatic rings. The maximum Gasteiger partial charge on any atom is 0.256 e. The van der Waals surface area contributed by atoms with Crippen LogP contribution in [0.25, 0.3) is 0 Å². The van der Waals surface area contributed by atoms with Crippen molar-refractivity contribution in [3.63, 3.8) is 0 Å². The molecule has 0 radical (unpaired) electrons. The van der Waals surface area contributed by atoms with E-state index in [2.05, 4.69) is 17.3 Å². The number of hydrogen-bond acceptors (Lipinski definition) is 5. The summed E-state index contributed by atoms with van der Waals surface area (Å²) in [6, 6.07) is 1.79. The SMILES string of the molecule is CC(CCC(=O)NC=O)N1Cc2c3c(cc(Cl)c2C1=O)C1(CCN(C)CC1)CO3. The van der Waals surface area contributed by atoms with Gasteiger partial charge in [-0.25, -0.2) is 0 Å². The van der Waals surface area contributed by atoms with Crippen molar-refractivity contribution in [1.82, 2.24) is 15.1 Å². The highest BCUT2D eigenvalue weighted by molar-refractivity contribution is 6.34. The van der Waals surface area contributed by atoms with E-state index in [-0.39, 0.29) is 29.7 Å². The van der Waals surface area contributed by atoms with Crippen molar-refractivity contribution in [2.75, 3.05) is 26.7 Å². The predicted octanol–water partition coefficient (Wildman–Crippen LogP) is 2.09. The number of likely N-dealkylation sites (tertiary alicyclic amines) is 1. The van der Waals surface area contributed by atoms with E-state index in [1.807, 2.05) is 13.0 Å². The highest BCUT2D eigenvalue weighted by atomic mass is 35.5. The molecular weight excluding hydrogens is 394 g/mol. The molecule has 0 aliphatic carbocycles. The second kappa shape index (κ2) is 7.61. The third kappa shape index (κ3) is 3.40. The molecule has 8 heteroatoms. The third-order valence-electron chi connectivity index (χ3n) is 6.68. The van der Waals surface area contributed by atoms with E-state index in [1.165, 1.54) is 0 Å². The van der Waals surface area contributed by atoms with E-state index >= 15 is 0 Å². The summed E-state index contributed by atoms with van der Waals surface area (Å²) in [5.41, 5.74) is 2.52. The fraction of sp³-hybridized carbons (Fsp3) is 0.571. The Hall–Kier alpha value is -2.12. The van der Waals surface area contributed by atoms with E-state index in [0.29, 0.717) is 36.6 Å². The molecule has 7 nitrogen and oxygen atoms in total. The van der Waals surface area contributed by atoms with Gasteiger partial charge in [0, 0.05) is 29.0 Å². The molecule has 1 spiro atoms. The number of rotatable bonds is 5. The lowest BCUT2D eigenvalue weighted by Gasteiger charge is -2.36. The summed E-state index contributed by atoms with van der Waals surface area (Å²) in [5, 5.41) is 2.62. The van der Waals surface area contributed by atoms with Crippen LogP contribution < -0.4 is 10.1 Å². The van der Waals surface area contributed by atoms with Crippen LogP contribution in [-0.2, 0) is 21.5 Å².